The molecule has 0 saturated carbocycles. The molecule has 0 nitrogen and oxygen atoms in total. The topological polar surface area (TPSA) is 0 Å². The minimum Gasteiger partial charge on any atom is -0.418 e. The third-order valence-electron chi connectivity index (χ3n) is 2.15. The van der Waals surface area contributed by atoms with Gasteiger partial charge in [-0.2, -0.15) is 0 Å². The second-order valence-corrected chi connectivity index (χ2v) is 5.15. The first-order chi connectivity index (χ1) is 9.34. The molecule has 0 bridgehead atoms. The average molecular weight is 394 g/mol. The van der Waals surface area contributed by atoms with Crippen LogP contribution in [0.3, 0.4) is 0 Å². The van der Waals surface area contributed by atoms with E-state index in [-0.39, 0.29) is 0 Å². The molecule has 2 aromatic rings. The van der Waals surface area contributed by atoms with Gasteiger partial charge in [0.15, 0.2) is 3.57 Å². The molecule has 0 spiro atoms. The molecule has 0 radical (unpaired) electrons. The van der Waals surface area contributed by atoms with Crippen molar-refractivity contribution in [3.05, 3.63) is 69.3 Å². The van der Waals surface area contributed by atoms with E-state index in [1.54, 1.807) is 0 Å². The van der Waals surface area contributed by atoms with E-state index in [2.05, 4.69) is 60.7 Å². The first-order valence-electron chi connectivity index (χ1n) is 5.72. The Balaban J connectivity index is 0.000000347. The Morgan fingerprint density at radius 1 is 0.700 bits per heavy atom. The fourth-order valence-electron chi connectivity index (χ4n) is 1.34. The summed E-state index contributed by atoms with van der Waals surface area (Å²) in [5.41, 5.74) is 2.48. The SMILES string of the molecule is F[B-](F)(F)F.[IH+]c1ccc(/C=C/c2ccccc2)cc1. The predicted octanol–water partition coefficient (Wildman–Crippen LogP) is 1.61. The number of halogens is 5. The van der Waals surface area contributed by atoms with Crippen molar-refractivity contribution in [3.8, 4) is 0 Å². The Bertz CT molecular complexity index is 529. The second kappa shape index (κ2) is 8.09. The van der Waals surface area contributed by atoms with Crippen LogP contribution in [0.5, 0.6) is 0 Å². The van der Waals surface area contributed by atoms with Gasteiger partial charge in [-0.3, -0.25) is 0 Å². The van der Waals surface area contributed by atoms with Crippen LogP contribution >= 0.6 is 0 Å². The van der Waals surface area contributed by atoms with Crippen LogP contribution in [0.2, 0.25) is 0 Å². The van der Waals surface area contributed by atoms with Gasteiger partial charge in [0.05, 0.1) is 0 Å². The highest BCUT2D eigenvalue weighted by Gasteiger charge is 2.20. The highest BCUT2D eigenvalue weighted by Crippen LogP contribution is 2.07. The van der Waals surface area contributed by atoms with E-state index in [4.69, 9.17) is 0 Å². The van der Waals surface area contributed by atoms with Crippen molar-refractivity contribution < 1.29 is 39.9 Å². The standard InChI is InChI=1S/C14H12I.BF4/c15-14-10-8-13(9-11-14)7-6-12-4-2-1-3-5-12;2-1(3,4)5/h1-11,15H;/q+1;-1/b7-6+;. The summed E-state index contributed by atoms with van der Waals surface area (Å²) in [6.45, 7) is 0. The molecule has 0 aliphatic rings. The molecule has 0 amide bonds. The highest BCUT2D eigenvalue weighted by molar-refractivity contribution is 6.50. The second-order valence-electron chi connectivity index (χ2n) is 3.81. The van der Waals surface area contributed by atoms with Crippen LogP contribution < -0.4 is 22.6 Å². The van der Waals surface area contributed by atoms with E-state index in [1.807, 2.05) is 28.7 Å². The third kappa shape index (κ3) is 8.74. The average Bonchev–Trinajstić information content (AvgIpc) is 2.37. The Kier molecular flexibility index (Phi) is 6.77. The fourth-order valence-corrected chi connectivity index (χ4v) is 1.72. The van der Waals surface area contributed by atoms with E-state index in [1.165, 1.54) is 14.7 Å². The van der Waals surface area contributed by atoms with Gasteiger partial charge in [-0.05, 0) is 23.3 Å². The zero-order chi connectivity index (χ0) is 15.0. The molecule has 0 aliphatic carbocycles. The minimum absolute atomic E-state index is 1.23. The van der Waals surface area contributed by atoms with E-state index in [9.17, 15) is 17.3 Å². The first kappa shape index (κ1) is 16.7. The molecule has 0 aliphatic heterocycles. The van der Waals surface area contributed by atoms with Gasteiger partial charge < -0.3 is 17.3 Å². The van der Waals surface area contributed by atoms with E-state index in [0.29, 0.717) is 0 Å². The van der Waals surface area contributed by atoms with Crippen LogP contribution in [0.25, 0.3) is 12.2 Å². The van der Waals surface area contributed by atoms with Gasteiger partial charge in [0.1, 0.15) is 0 Å². The molecule has 6 heteroatoms. The molecular formula is C14H12BF4I. The summed E-state index contributed by atoms with van der Waals surface area (Å²) in [5.74, 6) is 0. The third-order valence-corrected chi connectivity index (χ3v) is 2.92. The van der Waals surface area contributed by atoms with Gasteiger partial charge in [-0.15, -0.1) is 0 Å². The summed E-state index contributed by atoms with van der Waals surface area (Å²) in [6.07, 6.45) is 4.27. The summed E-state index contributed by atoms with van der Waals surface area (Å²) >= 11 is 2.03. The summed E-state index contributed by atoms with van der Waals surface area (Å²) in [5, 5.41) is 0. The van der Waals surface area contributed by atoms with Crippen LogP contribution in [0.4, 0.5) is 17.3 Å². The molecule has 0 unspecified atom stereocenters. The molecule has 0 N–H and O–H groups in total. The summed E-state index contributed by atoms with van der Waals surface area (Å²) in [4.78, 5) is 0. The molecule has 2 rings (SSSR count). The lowest BCUT2D eigenvalue weighted by Gasteiger charge is -1.94. The molecule has 20 heavy (non-hydrogen) atoms. The Labute approximate surface area is 128 Å². The van der Waals surface area contributed by atoms with Crippen molar-refractivity contribution >= 4 is 19.4 Å². The van der Waals surface area contributed by atoms with Gasteiger partial charge >= 0.3 is 7.25 Å². The maximum absolute atomic E-state index is 9.75. The summed E-state index contributed by atoms with van der Waals surface area (Å²) in [6, 6.07) is 18.9. The minimum atomic E-state index is -6.00. The van der Waals surface area contributed by atoms with Crippen LogP contribution in [0.1, 0.15) is 11.1 Å². The Morgan fingerprint density at radius 2 is 1.10 bits per heavy atom. The molecule has 0 heterocycles. The molecule has 0 saturated heterocycles. The van der Waals surface area contributed by atoms with Crippen molar-refractivity contribution in [2.45, 2.75) is 0 Å². The molecular weight excluding hydrogens is 382 g/mol. The smallest absolute Gasteiger partial charge is 0.418 e. The zero-order valence-electron chi connectivity index (χ0n) is 10.3. The van der Waals surface area contributed by atoms with Crippen LogP contribution in [0.15, 0.2) is 54.6 Å². The molecule has 0 aromatic heterocycles. The van der Waals surface area contributed by atoms with Crippen molar-refractivity contribution in [3.63, 3.8) is 0 Å². The van der Waals surface area contributed by atoms with Gasteiger partial charge in [0.25, 0.3) is 22.6 Å². The predicted molar refractivity (Wildman–Crippen MR) is 72.1 cm³/mol. The lowest BCUT2D eigenvalue weighted by Crippen LogP contribution is -3.34. The van der Waals surface area contributed by atoms with Crippen LogP contribution in [-0.2, 0) is 0 Å². The van der Waals surface area contributed by atoms with Gasteiger partial charge in [-0.1, -0.05) is 54.6 Å². The van der Waals surface area contributed by atoms with Crippen molar-refractivity contribution in [1.29, 1.82) is 0 Å². The zero-order valence-corrected chi connectivity index (χ0v) is 12.7. The van der Waals surface area contributed by atoms with Crippen LogP contribution in [0, 0.1) is 3.57 Å². The number of rotatable bonds is 2. The Hall–Kier alpha value is -1.31. The van der Waals surface area contributed by atoms with Crippen molar-refractivity contribution in [1.82, 2.24) is 0 Å². The van der Waals surface area contributed by atoms with Crippen molar-refractivity contribution in [2.75, 3.05) is 0 Å². The fraction of sp³-hybridized carbons (Fsp3) is 0. The summed E-state index contributed by atoms with van der Waals surface area (Å²) in [7, 11) is -6.00. The molecule has 106 valence electrons. The van der Waals surface area contributed by atoms with Gasteiger partial charge in [0.2, 0.25) is 0 Å². The number of hydrogen-bond donors (Lipinski definition) is 0. The first-order valence-corrected chi connectivity index (χ1v) is 6.88. The Morgan fingerprint density at radius 3 is 1.55 bits per heavy atom. The lowest BCUT2D eigenvalue weighted by atomic mass is 10.1. The van der Waals surface area contributed by atoms with Crippen molar-refractivity contribution in [2.24, 2.45) is 0 Å². The largest absolute Gasteiger partial charge is 0.673 e. The van der Waals surface area contributed by atoms with Crippen LogP contribution in [-0.4, -0.2) is 7.25 Å². The van der Waals surface area contributed by atoms with E-state index in [0.717, 1.165) is 0 Å². The maximum Gasteiger partial charge on any atom is 0.673 e. The van der Waals surface area contributed by atoms with E-state index < -0.39 is 7.25 Å². The molecule has 0 fully saturated rings. The lowest BCUT2D eigenvalue weighted by molar-refractivity contribution is -0.328. The maximum atomic E-state index is 9.75. The normalized spacial score (nSPS) is 11.1. The number of hydrogen-bond acceptors (Lipinski definition) is 0. The summed E-state index contributed by atoms with van der Waals surface area (Å²) < 4.78 is 40.3. The number of benzene rings is 2. The highest BCUT2D eigenvalue weighted by atomic mass is 127. The molecule has 0 atom stereocenters. The van der Waals surface area contributed by atoms with E-state index >= 15 is 0 Å². The monoisotopic (exact) mass is 394 g/mol. The van der Waals surface area contributed by atoms with Gasteiger partial charge in [-0.25, -0.2) is 0 Å². The quantitative estimate of drug-likeness (QED) is 0.315. The van der Waals surface area contributed by atoms with Gasteiger partial charge in [0, 0.05) is 0 Å². The molecule has 2 aromatic carbocycles.